The van der Waals surface area contributed by atoms with Crippen LogP contribution in [0.25, 0.3) is 0 Å². The Morgan fingerprint density at radius 3 is 2.40 bits per heavy atom. The summed E-state index contributed by atoms with van der Waals surface area (Å²) in [4.78, 5) is 9.43. The average Bonchev–Trinajstić information content (AvgIpc) is 3.24. The van der Waals surface area contributed by atoms with Crippen molar-refractivity contribution in [3.05, 3.63) is 29.8 Å². The zero-order chi connectivity index (χ0) is 21.3. The molecule has 7 nitrogen and oxygen atoms in total. The summed E-state index contributed by atoms with van der Waals surface area (Å²) < 4.78 is 28.3. The second kappa shape index (κ2) is 8.80. The molecule has 0 amide bonds. The predicted molar refractivity (Wildman–Crippen MR) is 122 cm³/mol. The third kappa shape index (κ3) is 4.63. The van der Waals surface area contributed by atoms with Crippen LogP contribution in [0.4, 0.5) is 11.1 Å². The summed E-state index contributed by atoms with van der Waals surface area (Å²) in [5, 5.41) is 4.42. The molecule has 0 aliphatic carbocycles. The van der Waals surface area contributed by atoms with E-state index in [4.69, 9.17) is 4.98 Å². The lowest BCUT2D eigenvalue weighted by atomic mass is 9.76. The molecule has 3 heterocycles. The molecule has 2 aliphatic heterocycles. The van der Waals surface area contributed by atoms with Crippen molar-refractivity contribution in [3.63, 3.8) is 0 Å². The van der Waals surface area contributed by atoms with Gasteiger partial charge in [0, 0.05) is 38.4 Å². The first-order valence-electron chi connectivity index (χ1n) is 10.6. The Morgan fingerprint density at radius 2 is 1.80 bits per heavy atom. The van der Waals surface area contributed by atoms with Gasteiger partial charge in [-0.1, -0.05) is 12.1 Å². The van der Waals surface area contributed by atoms with Crippen LogP contribution in [0.1, 0.15) is 37.3 Å². The SMILES string of the molecule is CN(C)c1nsc(N2CCC(C3CCNCC3)C[C@@H]2c2ccc(S(C)(=O)=O)cc2)n1. The molecule has 4 rings (SSSR count). The van der Waals surface area contributed by atoms with Crippen LogP contribution in [0.3, 0.4) is 0 Å². The molecule has 164 valence electrons. The molecule has 1 aromatic heterocycles. The van der Waals surface area contributed by atoms with Crippen LogP contribution in [-0.4, -0.2) is 57.8 Å². The van der Waals surface area contributed by atoms with Crippen molar-refractivity contribution in [2.75, 3.05) is 49.8 Å². The first kappa shape index (κ1) is 21.5. The molecule has 2 saturated heterocycles. The van der Waals surface area contributed by atoms with E-state index < -0.39 is 9.84 Å². The molecule has 2 atom stereocenters. The van der Waals surface area contributed by atoms with E-state index in [1.165, 1.54) is 37.1 Å². The van der Waals surface area contributed by atoms with Crippen LogP contribution in [0.5, 0.6) is 0 Å². The number of sulfone groups is 1. The maximum atomic E-state index is 11.9. The van der Waals surface area contributed by atoms with Crippen LogP contribution in [0, 0.1) is 11.8 Å². The molecule has 0 bridgehead atoms. The Morgan fingerprint density at radius 1 is 1.10 bits per heavy atom. The highest BCUT2D eigenvalue weighted by atomic mass is 32.2. The van der Waals surface area contributed by atoms with Crippen molar-refractivity contribution in [3.8, 4) is 0 Å². The number of piperidine rings is 2. The van der Waals surface area contributed by atoms with Crippen LogP contribution in [0.15, 0.2) is 29.2 Å². The number of nitrogens with zero attached hydrogens (tertiary/aromatic N) is 4. The molecular formula is C21H31N5O2S2. The number of anilines is 2. The van der Waals surface area contributed by atoms with Gasteiger partial charge < -0.3 is 15.1 Å². The number of hydrogen-bond acceptors (Lipinski definition) is 8. The van der Waals surface area contributed by atoms with Gasteiger partial charge in [0.1, 0.15) is 0 Å². The summed E-state index contributed by atoms with van der Waals surface area (Å²) in [5.41, 5.74) is 1.16. The lowest BCUT2D eigenvalue weighted by Gasteiger charge is -2.43. The van der Waals surface area contributed by atoms with E-state index >= 15 is 0 Å². The highest BCUT2D eigenvalue weighted by molar-refractivity contribution is 7.90. The Labute approximate surface area is 183 Å². The fraction of sp³-hybridized carbons (Fsp3) is 0.619. The quantitative estimate of drug-likeness (QED) is 0.752. The number of hydrogen-bond donors (Lipinski definition) is 1. The molecule has 2 aromatic rings. The van der Waals surface area contributed by atoms with Gasteiger partial charge in [0.25, 0.3) is 0 Å². The van der Waals surface area contributed by atoms with E-state index in [2.05, 4.69) is 14.6 Å². The zero-order valence-corrected chi connectivity index (χ0v) is 19.5. The highest BCUT2D eigenvalue weighted by Crippen LogP contribution is 2.43. The van der Waals surface area contributed by atoms with Crippen molar-refractivity contribution < 1.29 is 8.42 Å². The first-order chi connectivity index (χ1) is 14.3. The topological polar surface area (TPSA) is 78.4 Å². The smallest absolute Gasteiger partial charge is 0.238 e. The number of rotatable bonds is 5. The number of benzene rings is 1. The van der Waals surface area contributed by atoms with Gasteiger partial charge in [-0.3, -0.25) is 0 Å². The van der Waals surface area contributed by atoms with Gasteiger partial charge in [0.15, 0.2) is 9.84 Å². The summed E-state index contributed by atoms with van der Waals surface area (Å²) in [5.74, 6) is 2.18. The predicted octanol–water partition coefficient (Wildman–Crippen LogP) is 2.96. The number of nitrogens with one attached hydrogen (secondary N) is 1. The highest BCUT2D eigenvalue weighted by Gasteiger charge is 2.35. The fourth-order valence-electron chi connectivity index (χ4n) is 4.72. The maximum absolute atomic E-state index is 11.9. The van der Waals surface area contributed by atoms with Crippen molar-refractivity contribution >= 4 is 32.4 Å². The summed E-state index contributed by atoms with van der Waals surface area (Å²) in [6, 6.07) is 7.62. The molecule has 1 aromatic carbocycles. The van der Waals surface area contributed by atoms with Gasteiger partial charge in [-0.05, 0) is 68.3 Å². The molecule has 2 fully saturated rings. The molecule has 0 radical (unpaired) electrons. The molecule has 9 heteroatoms. The van der Waals surface area contributed by atoms with Crippen LogP contribution in [0.2, 0.25) is 0 Å². The standard InChI is InChI=1S/C21H31N5O2S2/c1-25(2)20-23-21(29-24-20)26-13-10-17(15-8-11-22-12-9-15)14-19(26)16-4-6-18(7-5-16)30(3,27)28/h4-7,15,17,19,22H,8-14H2,1-3H3/t17?,19-/m1/s1. The van der Waals surface area contributed by atoms with Gasteiger partial charge in [-0.15, -0.1) is 0 Å². The Balaban J connectivity index is 1.63. The van der Waals surface area contributed by atoms with Crippen molar-refractivity contribution in [2.24, 2.45) is 11.8 Å². The Hall–Kier alpha value is -1.71. The summed E-state index contributed by atoms with van der Waals surface area (Å²) in [7, 11) is 0.713. The van der Waals surface area contributed by atoms with E-state index in [1.54, 1.807) is 12.1 Å². The van der Waals surface area contributed by atoms with Crippen molar-refractivity contribution in [1.29, 1.82) is 0 Å². The Bertz CT molecular complexity index is 952. The second-order valence-electron chi connectivity index (χ2n) is 8.69. The van der Waals surface area contributed by atoms with Crippen molar-refractivity contribution in [1.82, 2.24) is 14.7 Å². The average molecular weight is 450 g/mol. The molecular weight excluding hydrogens is 418 g/mol. The summed E-state index contributed by atoms with van der Waals surface area (Å²) >= 11 is 1.44. The normalized spacial score (nSPS) is 23.5. The summed E-state index contributed by atoms with van der Waals surface area (Å²) in [6.07, 6.45) is 5.98. The molecule has 1 N–H and O–H groups in total. The third-order valence-electron chi connectivity index (χ3n) is 6.44. The largest absolute Gasteiger partial charge is 0.346 e. The maximum Gasteiger partial charge on any atom is 0.238 e. The fourth-order valence-corrected chi connectivity index (χ4v) is 6.17. The molecule has 1 unspecified atom stereocenters. The third-order valence-corrected chi connectivity index (χ3v) is 8.31. The molecule has 0 saturated carbocycles. The number of aromatic nitrogens is 2. The Kier molecular flexibility index (Phi) is 6.31. The van der Waals surface area contributed by atoms with Gasteiger partial charge >= 0.3 is 0 Å². The van der Waals surface area contributed by atoms with Crippen LogP contribution >= 0.6 is 11.5 Å². The first-order valence-corrected chi connectivity index (χ1v) is 13.3. The van der Waals surface area contributed by atoms with Gasteiger partial charge in [0.2, 0.25) is 11.1 Å². The summed E-state index contributed by atoms with van der Waals surface area (Å²) in [6.45, 7) is 3.18. The monoisotopic (exact) mass is 449 g/mol. The van der Waals surface area contributed by atoms with Crippen LogP contribution in [-0.2, 0) is 9.84 Å². The zero-order valence-electron chi connectivity index (χ0n) is 17.9. The van der Waals surface area contributed by atoms with Gasteiger partial charge in [0.05, 0.1) is 10.9 Å². The lowest BCUT2D eigenvalue weighted by Crippen LogP contribution is -2.41. The minimum Gasteiger partial charge on any atom is -0.346 e. The lowest BCUT2D eigenvalue weighted by molar-refractivity contribution is 0.200. The van der Waals surface area contributed by atoms with E-state index in [-0.39, 0.29) is 6.04 Å². The second-order valence-corrected chi connectivity index (χ2v) is 11.4. The van der Waals surface area contributed by atoms with Gasteiger partial charge in [-0.25, -0.2) is 8.42 Å². The van der Waals surface area contributed by atoms with E-state index in [0.717, 1.165) is 48.6 Å². The van der Waals surface area contributed by atoms with E-state index in [9.17, 15) is 8.42 Å². The molecule has 30 heavy (non-hydrogen) atoms. The minimum absolute atomic E-state index is 0.190. The van der Waals surface area contributed by atoms with Gasteiger partial charge in [-0.2, -0.15) is 9.36 Å². The van der Waals surface area contributed by atoms with E-state index in [1.807, 2.05) is 31.1 Å². The minimum atomic E-state index is -3.20. The van der Waals surface area contributed by atoms with Crippen molar-refractivity contribution in [2.45, 2.75) is 36.6 Å². The molecule has 2 aliphatic rings. The van der Waals surface area contributed by atoms with Crippen LogP contribution < -0.4 is 15.1 Å². The van der Waals surface area contributed by atoms with E-state index in [0.29, 0.717) is 10.8 Å². The molecule has 0 spiro atoms.